The van der Waals surface area contributed by atoms with Gasteiger partial charge in [-0.3, -0.25) is 19.2 Å². The number of halogens is 3. The summed E-state index contributed by atoms with van der Waals surface area (Å²) in [6.45, 7) is 9.73. The van der Waals surface area contributed by atoms with Crippen molar-refractivity contribution in [3.05, 3.63) is 133 Å². The standard InChI is InChI=1S/C68H81Cl3N6O15S2/c69-53-45-61(91-67-51(17-41-93-67)65(81)76-23-21-74(49-11-12-49)56-5-1-3-7-58(56)76)54(70)43-47(53)9-15-63(79)72-19-25-83-27-29-85-31-33-87-35-37-89-39-40-90-38-36-88-34-32-86-30-28-84-26-20-73-64(80)16-10-48-44-55(71)62(46-60(48)78)92-68-52(18-42-94-68)66(82)77-24-22-75(50-13-14-50)57-6-2-4-8-59(57)77/h1-8,17-18,41-46,49-50,78H,9-16,19-40H2,(H,72,79)(H,73,80). The maximum absolute atomic E-state index is 13.9. The Hall–Kier alpha value is -6.29. The maximum Gasteiger partial charge on any atom is 0.263 e. The van der Waals surface area contributed by atoms with Crippen LogP contribution in [0.5, 0.6) is 27.4 Å². The Morgan fingerprint density at radius 2 is 0.809 bits per heavy atom. The summed E-state index contributed by atoms with van der Waals surface area (Å²) in [5.41, 5.74) is 5.99. The zero-order valence-electron chi connectivity index (χ0n) is 52.5. The molecule has 0 spiro atoms. The summed E-state index contributed by atoms with van der Waals surface area (Å²) in [6.07, 6.45) is 5.65. The zero-order valence-corrected chi connectivity index (χ0v) is 56.4. The molecule has 94 heavy (non-hydrogen) atoms. The van der Waals surface area contributed by atoms with Crippen molar-refractivity contribution in [3.63, 3.8) is 0 Å². The molecule has 21 nitrogen and oxygen atoms in total. The number of hydrogen-bond donors (Lipinski definition) is 3. The van der Waals surface area contributed by atoms with Crippen molar-refractivity contribution in [2.45, 2.75) is 63.5 Å². The smallest absolute Gasteiger partial charge is 0.263 e. The second-order valence-electron chi connectivity index (χ2n) is 22.6. The molecule has 10 rings (SSSR count). The van der Waals surface area contributed by atoms with Gasteiger partial charge in [-0.25, -0.2) is 0 Å². The lowest BCUT2D eigenvalue weighted by Gasteiger charge is -2.38. The SMILES string of the molecule is O=C(CCc1cc(Cl)c(Oc2sccc2C(=O)N2CCN(C3CC3)c3ccccc32)cc1O)NCCOCCOCCOCCOCCOCCOCCOCCOCCNC(=O)CCc1cc(Cl)c(Oc2sccc2C(=O)N2CCN(C3CC3)c3ccccc32)cc1Cl. The molecule has 4 aliphatic rings. The lowest BCUT2D eigenvalue weighted by Crippen LogP contribution is -2.45. The van der Waals surface area contributed by atoms with Crippen molar-refractivity contribution in [2.75, 3.05) is 165 Å². The topological polar surface area (TPSA) is 218 Å². The van der Waals surface area contributed by atoms with E-state index in [0.717, 1.165) is 35.8 Å². The first kappa shape index (κ1) is 70.5. The second kappa shape index (κ2) is 36.7. The molecule has 2 aliphatic carbocycles. The number of phenols is 1. The molecule has 4 amide bonds. The first-order chi connectivity index (χ1) is 46.0. The van der Waals surface area contributed by atoms with Crippen LogP contribution in [0.3, 0.4) is 0 Å². The van der Waals surface area contributed by atoms with E-state index in [1.165, 1.54) is 54.4 Å². The number of aryl methyl sites for hydroxylation is 2. The highest BCUT2D eigenvalue weighted by atomic mass is 35.5. The van der Waals surface area contributed by atoms with Crippen molar-refractivity contribution in [2.24, 2.45) is 0 Å². The van der Waals surface area contributed by atoms with Gasteiger partial charge in [-0.15, -0.1) is 22.7 Å². The molecule has 6 aromatic rings. The molecule has 2 fully saturated rings. The summed E-state index contributed by atoms with van der Waals surface area (Å²) in [5.74, 6) is -0.170. The summed E-state index contributed by atoms with van der Waals surface area (Å²) in [4.78, 5) is 61.5. The lowest BCUT2D eigenvalue weighted by molar-refractivity contribution is -0.122. The molecule has 26 heteroatoms. The molecule has 0 bridgehead atoms. The number of para-hydroxylation sites is 4. The summed E-state index contributed by atoms with van der Waals surface area (Å²) in [6, 6.07) is 27.0. The molecule has 3 N–H and O–H groups in total. The molecule has 0 radical (unpaired) electrons. The van der Waals surface area contributed by atoms with Gasteiger partial charge in [0.25, 0.3) is 11.8 Å². The predicted molar refractivity (Wildman–Crippen MR) is 365 cm³/mol. The van der Waals surface area contributed by atoms with Crippen LogP contribution in [0.2, 0.25) is 15.1 Å². The normalized spacial score (nSPS) is 14.5. The number of anilines is 4. The molecule has 2 aromatic heterocycles. The number of nitrogens with zero attached hydrogens (tertiary/aromatic N) is 4. The van der Waals surface area contributed by atoms with Crippen LogP contribution in [0.15, 0.2) is 95.7 Å². The minimum atomic E-state index is -0.199. The Morgan fingerprint density at radius 1 is 0.447 bits per heavy atom. The molecule has 2 aliphatic heterocycles. The Balaban J connectivity index is 0.465. The summed E-state index contributed by atoms with van der Waals surface area (Å²) >= 11 is 22.5. The first-order valence-electron chi connectivity index (χ1n) is 32.0. The van der Waals surface area contributed by atoms with E-state index in [2.05, 4.69) is 32.6 Å². The van der Waals surface area contributed by atoms with E-state index in [9.17, 15) is 24.3 Å². The fraction of sp³-hybridized carbons (Fsp3) is 0.471. The van der Waals surface area contributed by atoms with Crippen LogP contribution in [0.1, 0.15) is 70.4 Å². The minimum absolute atomic E-state index is 0.0636. The van der Waals surface area contributed by atoms with E-state index in [1.807, 2.05) is 46.7 Å². The molecular weight excluding hydrogens is 1310 g/mol. The number of fused-ring (bicyclic) bond motifs is 2. The Bertz CT molecular complexity index is 3220. The van der Waals surface area contributed by atoms with E-state index in [0.29, 0.717) is 199 Å². The molecule has 0 unspecified atom stereocenters. The van der Waals surface area contributed by atoms with Crippen LogP contribution < -0.4 is 39.7 Å². The van der Waals surface area contributed by atoms with Gasteiger partial charge in [0, 0.05) is 81.3 Å². The highest BCUT2D eigenvalue weighted by Gasteiger charge is 2.38. The van der Waals surface area contributed by atoms with Crippen LogP contribution in [-0.4, -0.2) is 186 Å². The quantitative estimate of drug-likeness (QED) is 0.0304. The van der Waals surface area contributed by atoms with Gasteiger partial charge in [0.15, 0.2) is 15.9 Å². The molecule has 506 valence electrons. The van der Waals surface area contributed by atoms with Crippen LogP contribution in [0, 0.1) is 0 Å². The van der Waals surface area contributed by atoms with Gasteiger partial charge < -0.3 is 82.7 Å². The molecular formula is C68H81Cl3N6O15S2. The Morgan fingerprint density at radius 3 is 1.21 bits per heavy atom. The van der Waals surface area contributed by atoms with Crippen LogP contribution in [0.25, 0.3) is 0 Å². The van der Waals surface area contributed by atoms with Gasteiger partial charge in [-0.05, 0) is 109 Å². The minimum Gasteiger partial charge on any atom is -0.508 e. The largest absolute Gasteiger partial charge is 0.508 e. The van der Waals surface area contributed by atoms with E-state index in [1.54, 1.807) is 40.6 Å². The van der Waals surface area contributed by atoms with Crippen molar-refractivity contribution in [3.8, 4) is 27.4 Å². The molecule has 0 atom stereocenters. The van der Waals surface area contributed by atoms with E-state index in [4.69, 9.17) is 82.2 Å². The lowest BCUT2D eigenvalue weighted by atomic mass is 10.1. The van der Waals surface area contributed by atoms with E-state index >= 15 is 0 Å². The average molecular weight is 1390 g/mol. The third-order valence-electron chi connectivity index (χ3n) is 15.9. The van der Waals surface area contributed by atoms with E-state index in [-0.39, 0.29) is 59.4 Å². The highest BCUT2D eigenvalue weighted by molar-refractivity contribution is 7.12. The van der Waals surface area contributed by atoms with Crippen molar-refractivity contribution < 1.29 is 71.7 Å². The number of aromatic hydroxyl groups is 1. The highest BCUT2D eigenvalue weighted by Crippen LogP contribution is 2.45. The number of thiophene rings is 2. The number of ether oxygens (including phenoxy) is 10. The number of hydrogen-bond acceptors (Lipinski definition) is 19. The number of rotatable bonds is 41. The number of carbonyl (C=O) groups excluding carboxylic acids is 4. The van der Waals surface area contributed by atoms with Crippen LogP contribution >= 0.6 is 57.5 Å². The third kappa shape index (κ3) is 20.6. The fourth-order valence-electron chi connectivity index (χ4n) is 10.8. The number of amides is 4. The van der Waals surface area contributed by atoms with E-state index < -0.39 is 0 Å². The van der Waals surface area contributed by atoms with Crippen LogP contribution in [0.4, 0.5) is 22.7 Å². The van der Waals surface area contributed by atoms with Crippen molar-refractivity contribution in [1.29, 1.82) is 0 Å². The van der Waals surface area contributed by atoms with Crippen molar-refractivity contribution >= 4 is 104 Å². The number of nitrogens with one attached hydrogen (secondary N) is 2. The fourth-order valence-corrected chi connectivity index (χ4v) is 13.0. The third-order valence-corrected chi connectivity index (χ3v) is 18.4. The number of carbonyl (C=O) groups is 4. The molecule has 2 saturated carbocycles. The number of phenolic OH excluding ortho intramolecular Hbond substituents is 1. The zero-order chi connectivity index (χ0) is 65.4. The summed E-state index contributed by atoms with van der Waals surface area (Å²) in [7, 11) is 0. The summed E-state index contributed by atoms with van der Waals surface area (Å²) < 4.78 is 56.9. The van der Waals surface area contributed by atoms with Gasteiger partial charge in [0.2, 0.25) is 11.8 Å². The number of benzene rings is 4. The van der Waals surface area contributed by atoms with Crippen LogP contribution in [-0.2, 0) is 60.3 Å². The van der Waals surface area contributed by atoms with Gasteiger partial charge >= 0.3 is 0 Å². The second-order valence-corrected chi connectivity index (χ2v) is 25.6. The maximum atomic E-state index is 13.9. The predicted octanol–water partition coefficient (Wildman–Crippen LogP) is 11.2. The first-order valence-corrected chi connectivity index (χ1v) is 34.9. The average Bonchev–Trinajstić information content (AvgIpc) is 1.51. The van der Waals surface area contributed by atoms with Gasteiger partial charge in [-0.1, -0.05) is 59.1 Å². The monoisotopic (exact) mass is 1390 g/mol. The van der Waals surface area contributed by atoms with Gasteiger partial charge in [0.1, 0.15) is 11.5 Å². The Kier molecular flexibility index (Phi) is 27.5. The molecule has 4 heterocycles. The van der Waals surface area contributed by atoms with Gasteiger partial charge in [-0.2, -0.15) is 0 Å². The van der Waals surface area contributed by atoms with Gasteiger partial charge in [0.05, 0.1) is 150 Å². The summed E-state index contributed by atoms with van der Waals surface area (Å²) in [5, 5.41) is 22.0. The van der Waals surface area contributed by atoms with Crippen molar-refractivity contribution in [1.82, 2.24) is 10.6 Å². The molecule has 4 aromatic carbocycles. The molecule has 0 saturated heterocycles. The Labute approximate surface area is 571 Å².